The van der Waals surface area contributed by atoms with Crippen LogP contribution in [0.1, 0.15) is 33.1 Å². The second kappa shape index (κ2) is 3.52. The molecule has 2 fully saturated rings. The monoisotopic (exact) mass is 193 g/mol. The maximum absolute atomic E-state index is 8.97. The van der Waals surface area contributed by atoms with Crippen LogP contribution in [0.15, 0.2) is 0 Å². The van der Waals surface area contributed by atoms with E-state index in [1.807, 2.05) is 0 Å². The molecule has 0 amide bonds. The summed E-state index contributed by atoms with van der Waals surface area (Å²) in [6.45, 7) is 6.76. The molecular weight excluding hydrogens is 174 g/mol. The Morgan fingerprint density at radius 3 is 2.64 bits per heavy atom. The smallest absolute Gasteiger partial charge is 0.107 e. The largest absolute Gasteiger partial charge is 0.299 e. The number of nitriles is 1. The minimum Gasteiger partial charge on any atom is -0.299 e. The number of hydrogen-bond donors (Lipinski definition) is 1. The summed E-state index contributed by atoms with van der Waals surface area (Å²) in [5, 5.41) is 12.5. The van der Waals surface area contributed by atoms with E-state index in [1.54, 1.807) is 0 Å². The molecular formula is C11H19N3. The lowest BCUT2D eigenvalue weighted by Gasteiger charge is -2.21. The van der Waals surface area contributed by atoms with Crippen LogP contribution < -0.4 is 5.32 Å². The van der Waals surface area contributed by atoms with Crippen molar-refractivity contribution in [2.75, 3.05) is 13.1 Å². The molecule has 1 atom stereocenters. The van der Waals surface area contributed by atoms with Gasteiger partial charge in [-0.2, -0.15) is 5.26 Å². The van der Waals surface area contributed by atoms with Gasteiger partial charge in [-0.15, -0.1) is 0 Å². The van der Waals surface area contributed by atoms with Crippen molar-refractivity contribution < 1.29 is 0 Å². The van der Waals surface area contributed by atoms with E-state index in [1.165, 1.54) is 13.0 Å². The van der Waals surface area contributed by atoms with E-state index in [0.717, 1.165) is 19.4 Å². The molecule has 1 saturated carbocycles. The van der Waals surface area contributed by atoms with Crippen molar-refractivity contribution in [2.45, 2.75) is 50.7 Å². The van der Waals surface area contributed by atoms with Gasteiger partial charge < -0.3 is 0 Å². The zero-order valence-electron chi connectivity index (χ0n) is 9.08. The first-order valence-electron chi connectivity index (χ1n) is 5.58. The second-order valence-corrected chi connectivity index (χ2v) is 4.91. The Morgan fingerprint density at radius 2 is 2.21 bits per heavy atom. The van der Waals surface area contributed by atoms with E-state index in [2.05, 4.69) is 30.1 Å². The highest BCUT2D eigenvalue weighted by atomic mass is 15.2. The Balaban J connectivity index is 1.82. The molecule has 3 nitrogen and oxygen atoms in total. The quantitative estimate of drug-likeness (QED) is 0.730. The van der Waals surface area contributed by atoms with Crippen LogP contribution in [0.4, 0.5) is 0 Å². The third-order valence-electron chi connectivity index (χ3n) is 3.39. The van der Waals surface area contributed by atoms with Gasteiger partial charge in [0.2, 0.25) is 0 Å². The first-order chi connectivity index (χ1) is 6.65. The Bertz CT molecular complexity index is 250. The summed E-state index contributed by atoms with van der Waals surface area (Å²) in [6, 6.07) is 3.57. The fourth-order valence-corrected chi connectivity index (χ4v) is 2.18. The van der Waals surface area contributed by atoms with Crippen LogP contribution in [0.5, 0.6) is 0 Å². The Hall–Kier alpha value is -0.590. The molecule has 1 N–H and O–H groups in total. The van der Waals surface area contributed by atoms with Gasteiger partial charge in [0.1, 0.15) is 5.54 Å². The molecule has 0 spiro atoms. The standard InChI is InChI=1S/C11H19N3/c1-9(2)14-6-3-10(7-14)13-11(8-12)4-5-11/h9-10,13H,3-7H2,1-2H3. The van der Waals surface area contributed by atoms with E-state index in [0.29, 0.717) is 12.1 Å². The average Bonchev–Trinajstić information content (AvgIpc) is 2.75. The molecule has 78 valence electrons. The molecule has 14 heavy (non-hydrogen) atoms. The molecule has 0 aromatic rings. The molecule has 1 heterocycles. The minimum atomic E-state index is -0.141. The SMILES string of the molecule is CC(C)N1CCC(NC2(C#N)CC2)C1. The van der Waals surface area contributed by atoms with Crippen LogP contribution in [0, 0.1) is 11.3 Å². The lowest BCUT2D eigenvalue weighted by Crippen LogP contribution is -2.41. The zero-order chi connectivity index (χ0) is 10.2. The van der Waals surface area contributed by atoms with Crippen molar-refractivity contribution in [1.29, 1.82) is 5.26 Å². The van der Waals surface area contributed by atoms with E-state index in [9.17, 15) is 0 Å². The molecule has 1 aliphatic carbocycles. The molecule has 1 saturated heterocycles. The van der Waals surface area contributed by atoms with Crippen molar-refractivity contribution in [2.24, 2.45) is 0 Å². The number of nitrogens with one attached hydrogen (secondary N) is 1. The van der Waals surface area contributed by atoms with E-state index in [-0.39, 0.29) is 5.54 Å². The Kier molecular flexibility index (Phi) is 2.50. The van der Waals surface area contributed by atoms with Crippen LogP contribution in [0.25, 0.3) is 0 Å². The summed E-state index contributed by atoms with van der Waals surface area (Å²) in [7, 11) is 0. The lowest BCUT2D eigenvalue weighted by molar-refractivity contribution is 0.266. The van der Waals surface area contributed by atoms with Crippen molar-refractivity contribution in [1.82, 2.24) is 10.2 Å². The van der Waals surface area contributed by atoms with Gasteiger partial charge in [-0.3, -0.25) is 10.2 Å². The van der Waals surface area contributed by atoms with Crippen LogP contribution in [-0.2, 0) is 0 Å². The number of rotatable bonds is 3. The predicted octanol–water partition coefficient (Wildman–Crippen LogP) is 1.11. The molecule has 1 aliphatic heterocycles. The third kappa shape index (κ3) is 1.92. The number of hydrogen-bond acceptors (Lipinski definition) is 3. The Labute approximate surface area is 86.1 Å². The molecule has 0 aromatic heterocycles. The Morgan fingerprint density at radius 1 is 1.50 bits per heavy atom. The van der Waals surface area contributed by atoms with Gasteiger partial charge in [0.25, 0.3) is 0 Å². The van der Waals surface area contributed by atoms with Gasteiger partial charge >= 0.3 is 0 Å². The summed E-state index contributed by atoms with van der Waals surface area (Å²) in [5.41, 5.74) is -0.141. The average molecular weight is 193 g/mol. The van der Waals surface area contributed by atoms with E-state index >= 15 is 0 Å². The minimum absolute atomic E-state index is 0.141. The summed E-state index contributed by atoms with van der Waals surface area (Å²) < 4.78 is 0. The van der Waals surface area contributed by atoms with Gasteiger partial charge in [-0.05, 0) is 39.7 Å². The summed E-state index contributed by atoms with van der Waals surface area (Å²) in [4.78, 5) is 2.48. The molecule has 0 aromatic carbocycles. The van der Waals surface area contributed by atoms with E-state index in [4.69, 9.17) is 5.26 Å². The van der Waals surface area contributed by atoms with Gasteiger partial charge in [0.15, 0.2) is 0 Å². The first kappa shape index (κ1) is 9.95. The molecule has 2 aliphatic rings. The van der Waals surface area contributed by atoms with Gasteiger partial charge in [-0.25, -0.2) is 0 Å². The summed E-state index contributed by atoms with van der Waals surface area (Å²) in [5.74, 6) is 0. The molecule has 1 unspecified atom stereocenters. The highest BCUT2D eigenvalue weighted by molar-refractivity contribution is 5.19. The molecule has 0 radical (unpaired) electrons. The molecule has 0 bridgehead atoms. The molecule has 3 heteroatoms. The molecule has 2 rings (SSSR count). The third-order valence-corrected chi connectivity index (χ3v) is 3.39. The zero-order valence-corrected chi connectivity index (χ0v) is 9.08. The highest BCUT2D eigenvalue weighted by Gasteiger charge is 2.45. The predicted molar refractivity (Wildman–Crippen MR) is 55.8 cm³/mol. The fourth-order valence-electron chi connectivity index (χ4n) is 2.18. The normalized spacial score (nSPS) is 30.6. The van der Waals surface area contributed by atoms with Crippen LogP contribution in [0.2, 0.25) is 0 Å². The van der Waals surface area contributed by atoms with Gasteiger partial charge in [0, 0.05) is 18.6 Å². The topological polar surface area (TPSA) is 39.1 Å². The van der Waals surface area contributed by atoms with E-state index < -0.39 is 0 Å². The number of nitrogens with zero attached hydrogens (tertiary/aromatic N) is 2. The van der Waals surface area contributed by atoms with Gasteiger partial charge in [-0.1, -0.05) is 0 Å². The van der Waals surface area contributed by atoms with Crippen molar-refractivity contribution in [3.63, 3.8) is 0 Å². The first-order valence-corrected chi connectivity index (χ1v) is 5.58. The van der Waals surface area contributed by atoms with Crippen molar-refractivity contribution in [3.8, 4) is 6.07 Å². The summed E-state index contributed by atoms with van der Waals surface area (Å²) >= 11 is 0. The summed E-state index contributed by atoms with van der Waals surface area (Å²) in [6.07, 6.45) is 3.28. The van der Waals surface area contributed by atoms with Gasteiger partial charge in [0.05, 0.1) is 6.07 Å². The maximum Gasteiger partial charge on any atom is 0.107 e. The number of likely N-dealkylation sites (tertiary alicyclic amines) is 1. The van der Waals surface area contributed by atoms with Crippen molar-refractivity contribution >= 4 is 0 Å². The van der Waals surface area contributed by atoms with Crippen LogP contribution >= 0.6 is 0 Å². The van der Waals surface area contributed by atoms with Crippen LogP contribution in [0.3, 0.4) is 0 Å². The highest BCUT2D eigenvalue weighted by Crippen LogP contribution is 2.35. The fraction of sp³-hybridized carbons (Fsp3) is 0.909. The lowest BCUT2D eigenvalue weighted by atomic mass is 10.2. The van der Waals surface area contributed by atoms with Crippen LogP contribution in [-0.4, -0.2) is 35.6 Å². The second-order valence-electron chi connectivity index (χ2n) is 4.91. The maximum atomic E-state index is 8.97. The van der Waals surface area contributed by atoms with Crippen molar-refractivity contribution in [3.05, 3.63) is 0 Å².